The summed E-state index contributed by atoms with van der Waals surface area (Å²) in [5.74, 6) is -0.0170. The Kier molecular flexibility index (Phi) is 3.31. The number of benzene rings is 3. The second-order valence-corrected chi connectivity index (χ2v) is 6.05. The summed E-state index contributed by atoms with van der Waals surface area (Å²) in [6.07, 6.45) is 0. The molecule has 0 atom stereocenters. The Labute approximate surface area is 141 Å². The van der Waals surface area contributed by atoms with E-state index in [1.54, 1.807) is 4.90 Å². The molecule has 0 unspecified atom stereocenters. The van der Waals surface area contributed by atoms with E-state index in [2.05, 4.69) is 6.58 Å². The number of anilines is 1. The molecule has 0 radical (unpaired) electrons. The summed E-state index contributed by atoms with van der Waals surface area (Å²) in [6, 6.07) is 24.0. The molecule has 24 heavy (non-hydrogen) atoms. The molecule has 116 valence electrons. The average molecular weight is 311 g/mol. The van der Waals surface area contributed by atoms with Crippen LogP contribution in [0.5, 0.6) is 0 Å². The SMILES string of the molecule is C=C1c2ccc(-c3ccccc3)cc2C(=O)N1c1ccc(C)cc1. The van der Waals surface area contributed by atoms with E-state index in [9.17, 15) is 4.79 Å². The summed E-state index contributed by atoms with van der Waals surface area (Å²) in [5, 5.41) is 0. The van der Waals surface area contributed by atoms with Crippen molar-refractivity contribution in [3.63, 3.8) is 0 Å². The molecule has 0 aliphatic carbocycles. The third kappa shape index (κ3) is 2.24. The fourth-order valence-corrected chi connectivity index (χ4v) is 3.11. The van der Waals surface area contributed by atoms with E-state index in [-0.39, 0.29) is 5.91 Å². The Morgan fingerprint density at radius 2 is 1.50 bits per heavy atom. The molecule has 0 saturated carbocycles. The lowest BCUT2D eigenvalue weighted by Gasteiger charge is -2.17. The third-order valence-corrected chi connectivity index (χ3v) is 4.43. The van der Waals surface area contributed by atoms with Crippen LogP contribution in [0, 0.1) is 6.92 Å². The highest BCUT2D eigenvalue weighted by atomic mass is 16.2. The van der Waals surface area contributed by atoms with Gasteiger partial charge in [-0.15, -0.1) is 0 Å². The molecule has 1 aliphatic heterocycles. The van der Waals surface area contributed by atoms with Gasteiger partial charge in [0, 0.05) is 11.3 Å². The molecular formula is C22H17NO. The molecule has 1 amide bonds. The van der Waals surface area contributed by atoms with Crippen LogP contribution in [0.25, 0.3) is 16.8 Å². The Morgan fingerprint density at radius 3 is 2.21 bits per heavy atom. The second kappa shape index (κ2) is 5.50. The minimum Gasteiger partial charge on any atom is -0.277 e. The van der Waals surface area contributed by atoms with E-state index in [0.717, 1.165) is 28.1 Å². The van der Waals surface area contributed by atoms with Gasteiger partial charge < -0.3 is 0 Å². The quantitative estimate of drug-likeness (QED) is 0.629. The van der Waals surface area contributed by atoms with Gasteiger partial charge in [0.1, 0.15) is 0 Å². The number of carbonyl (C=O) groups is 1. The third-order valence-electron chi connectivity index (χ3n) is 4.43. The molecule has 0 aromatic heterocycles. The fourth-order valence-electron chi connectivity index (χ4n) is 3.11. The van der Waals surface area contributed by atoms with Gasteiger partial charge in [-0.3, -0.25) is 9.69 Å². The van der Waals surface area contributed by atoms with E-state index in [0.29, 0.717) is 5.56 Å². The largest absolute Gasteiger partial charge is 0.277 e. The molecule has 2 nitrogen and oxygen atoms in total. The van der Waals surface area contributed by atoms with Gasteiger partial charge in [0.2, 0.25) is 0 Å². The van der Waals surface area contributed by atoms with E-state index in [4.69, 9.17) is 0 Å². The van der Waals surface area contributed by atoms with Crippen LogP contribution >= 0.6 is 0 Å². The van der Waals surface area contributed by atoms with Crippen molar-refractivity contribution in [2.75, 3.05) is 4.90 Å². The summed E-state index contributed by atoms with van der Waals surface area (Å²) < 4.78 is 0. The zero-order valence-electron chi connectivity index (χ0n) is 13.5. The van der Waals surface area contributed by atoms with Crippen LogP contribution in [0.3, 0.4) is 0 Å². The maximum atomic E-state index is 12.9. The highest BCUT2D eigenvalue weighted by molar-refractivity contribution is 6.22. The van der Waals surface area contributed by atoms with Gasteiger partial charge in [-0.05, 0) is 36.2 Å². The Bertz CT molecular complexity index is 939. The maximum Gasteiger partial charge on any atom is 0.263 e. The second-order valence-electron chi connectivity index (χ2n) is 6.05. The van der Waals surface area contributed by atoms with Gasteiger partial charge >= 0.3 is 0 Å². The molecule has 0 bridgehead atoms. The molecule has 2 heteroatoms. The number of rotatable bonds is 2. The van der Waals surface area contributed by atoms with Crippen LogP contribution in [0.1, 0.15) is 21.5 Å². The molecule has 0 N–H and O–H groups in total. The highest BCUT2D eigenvalue weighted by Crippen LogP contribution is 2.37. The molecule has 0 spiro atoms. The first kappa shape index (κ1) is 14.5. The Morgan fingerprint density at radius 1 is 0.792 bits per heavy atom. The lowest BCUT2D eigenvalue weighted by atomic mass is 10.00. The average Bonchev–Trinajstić information content (AvgIpc) is 2.87. The fraction of sp³-hybridized carbons (Fsp3) is 0.0455. The molecule has 1 heterocycles. The zero-order chi connectivity index (χ0) is 16.7. The lowest BCUT2D eigenvalue weighted by Crippen LogP contribution is -2.21. The van der Waals surface area contributed by atoms with Crippen molar-refractivity contribution in [3.05, 3.63) is 96.1 Å². The van der Waals surface area contributed by atoms with Crippen molar-refractivity contribution < 1.29 is 4.79 Å². The van der Waals surface area contributed by atoms with Crippen LogP contribution < -0.4 is 4.90 Å². The molecule has 0 saturated heterocycles. The number of fused-ring (bicyclic) bond motifs is 1. The van der Waals surface area contributed by atoms with Crippen molar-refractivity contribution in [2.45, 2.75) is 6.92 Å². The Balaban J connectivity index is 1.78. The zero-order valence-corrected chi connectivity index (χ0v) is 13.5. The number of carbonyl (C=O) groups excluding carboxylic acids is 1. The first-order valence-electron chi connectivity index (χ1n) is 7.95. The number of nitrogens with zero attached hydrogens (tertiary/aromatic N) is 1. The number of hydrogen-bond acceptors (Lipinski definition) is 1. The van der Waals surface area contributed by atoms with Crippen LogP contribution in [0.2, 0.25) is 0 Å². The van der Waals surface area contributed by atoms with Crippen molar-refractivity contribution in [2.24, 2.45) is 0 Å². The number of aryl methyl sites for hydroxylation is 1. The van der Waals surface area contributed by atoms with Crippen molar-refractivity contribution in [1.82, 2.24) is 0 Å². The predicted octanol–water partition coefficient (Wildman–Crippen LogP) is 5.29. The van der Waals surface area contributed by atoms with Gasteiger partial charge in [-0.1, -0.05) is 66.7 Å². The first-order chi connectivity index (χ1) is 11.6. The van der Waals surface area contributed by atoms with Gasteiger partial charge in [-0.2, -0.15) is 0 Å². The minimum absolute atomic E-state index is 0.0170. The van der Waals surface area contributed by atoms with E-state index >= 15 is 0 Å². The summed E-state index contributed by atoms with van der Waals surface area (Å²) in [5.41, 5.74) is 6.52. The summed E-state index contributed by atoms with van der Waals surface area (Å²) >= 11 is 0. The first-order valence-corrected chi connectivity index (χ1v) is 7.95. The normalized spacial score (nSPS) is 13.3. The predicted molar refractivity (Wildman–Crippen MR) is 98.9 cm³/mol. The van der Waals surface area contributed by atoms with Crippen LogP contribution in [0.15, 0.2) is 79.4 Å². The minimum atomic E-state index is -0.0170. The van der Waals surface area contributed by atoms with E-state index in [1.165, 1.54) is 5.56 Å². The molecule has 3 aromatic rings. The lowest BCUT2D eigenvalue weighted by molar-refractivity contribution is 0.101. The molecule has 4 rings (SSSR count). The van der Waals surface area contributed by atoms with Crippen LogP contribution in [-0.4, -0.2) is 5.91 Å². The molecular weight excluding hydrogens is 294 g/mol. The molecule has 1 aliphatic rings. The monoisotopic (exact) mass is 311 g/mol. The van der Waals surface area contributed by atoms with Gasteiger partial charge in [0.15, 0.2) is 0 Å². The van der Waals surface area contributed by atoms with Crippen LogP contribution in [0.4, 0.5) is 5.69 Å². The van der Waals surface area contributed by atoms with Crippen molar-refractivity contribution >= 4 is 17.3 Å². The summed E-state index contributed by atoms with van der Waals surface area (Å²) in [7, 11) is 0. The molecule has 0 fully saturated rings. The molecule has 3 aromatic carbocycles. The van der Waals surface area contributed by atoms with Gasteiger partial charge in [0.05, 0.1) is 11.3 Å². The van der Waals surface area contributed by atoms with E-state index in [1.807, 2.05) is 79.7 Å². The maximum absolute atomic E-state index is 12.9. The van der Waals surface area contributed by atoms with Gasteiger partial charge in [0.25, 0.3) is 5.91 Å². The highest BCUT2D eigenvalue weighted by Gasteiger charge is 2.32. The Hall–Kier alpha value is -3.13. The summed E-state index contributed by atoms with van der Waals surface area (Å²) in [6.45, 7) is 6.17. The smallest absolute Gasteiger partial charge is 0.263 e. The number of amides is 1. The van der Waals surface area contributed by atoms with Crippen molar-refractivity contribution in [1.29, 1.82) is 0 Å². The standard InChI is InChI=1S/C22H17NO/c1-15-8-11-19(12-9-15)23-16(2)20-13-10-18(14-21(20)22(23)24)17-6-4-3-5-7-17/h3-14H,2H2,1H3. The van der Waals surface area contributed by atoms with Gasteiger partial charge in [-0.25, -0.2) is 0 Å². The van der Waals surface area contributed by atoms with Crippen LogP contribution in [-0.2, 0) is 0 Å². The number of hydrogen-bond donors (Lipinski definition) is 0. The topological polar surface area (TPSA) is 20.3 Å². The summed E-state index contributed by atoms with van der Waals surface area (Å²) in [4.78, 5) is 14.6. The van der Waals surface area contributed by atoms with Crippen molar-refractivity contribution in [3.8, 4) is 11.1 Å². The van der Waals surface area contributed by atoms with E-state index < -0.39 is 0 Å².